The van der Waals surface area contributed by atoms with Crippen molar-refractivity contribution >= 4 is 11.6 Å². The molecule has 0 amide bonds. The number of hydrogen-bond acceptors (Lipinski definition) is 4. The normalized spacial score (nSPS) is 15.0. The van der Waals surface area contributed by atoms with Crippen LogP contribution >= 0.6 is 0 Å². The predicted molar refractivity (Wildman–Crippen MR) is 106 cm³/mol. The number of methoxy groups -OCH3 is 1. The molecular formula is C20H26FN5O. The van der Waals surface area contributed by atoms with E-state index in [2.05, 4.69) is 31.2 Å². The summed E-state index contributed by atoms with van der Waals surface area (Å²) in [5, 5.41) is 3.30. The van der Waals surface area contributed by atoms with Crippen LogP contribution in [0.15, 0.2) is 47.6 Å². The Morgan fingerprint density at radius 3 is 2.67 bits per heavy atom. The lowest BCUT2D eigenvalue weighted by atomic mass is 10.2. The number of benzene rings is 1. The first-order valence-electron chi connectivity index (χ1n) is 9.23. The third kappa shape index (κ3) is 4.67. The average Bonchev–Trinajstić information content (AvgIpc) is 2.72. The van der Waals surface area contributed by atoms with E-state index in [1.165, 1.54) is 6.07 Å². The van der Waals surface area contributed by atoms with Crippen LogP contribution in [0.25, 0.3) is 0 Å². The van der Waals surface area contributed by atoms with E-state index in [9.17, 15) is 4.39 Å². The van der Waals surface area contributed by atoms with Gasteiger partial charge in [-0.25, -0.2) is 9.38 Å². The fraction of sp³-hybridized carbons (Fsp3) is 0.400. The Labute approximate surface area is 159 Å². The molecular weight excluding hydrogens is 345 g/mol. The summed E-state index contributed by atoms with van der Waals surface area (Å²) < 4.78 is 19.3. The number of rotatable bonds is 5. The number of hydrogen-bond donors (Lipinski definition) is 1. The molecule has 1 aliphatic rings. The van der Waals surface area contributed by atoms with Gasteiger partial charge in [-0.2, -0.15) is 0 Å². The zero-order valence-corrected chi connectivity index (χ0v) is 15.9. The summed E-state index contributed by atoms with van der Waals surface area (Å²) in [5.41, 5.74) is 1.47. The lowest BCUT2D eigenvalue weighted by Crippen LogP contribution is -2.52. The largest absolute Gasteiger partial charge is 0.495 e. The fourth-order valence-corrected chi connectivity index (χ4v) is 3.16. The second-order valence-electron chi connectivity index (χ2n) is 6.25. The van der Waals surface area contributed by atoms with Crippen molar-refractivity contribution in [3.63, 3.8) is 0 Å². The third-order valence-corrected chi connectivity index (χ3v) is 4.55. The smallest absolute Gasteiger partial charge is 0.194 e. The molecule has 0 unspecified atom stereocenters. The Kier molecular flexibility index (Phi) is 6.46. The topological polar surface area (TPSA) is 53.0 Å². The van der Waals surface area contributed by atoms with Gasteiger partial charge >= 0.3 is 0 Å². The molecule has 27 heavy (non-hydrogen) atoms. The first kappa shape index (κ1) is 18.9. The number of aliphatic imine (C=N–C) groups is 1. The predicted octanol–water partition coefficient (Wildman–Crippen LogP) is 2.52. The van der Waals surface area contributed by atoms with Crippen molar-refractivity contribution < 1.29 is 9.13 Å². The van der Waals surface area contributed by atoms with Crippen LogP contribution in [0.3, 0.4) is 0 Å². The van der Waals surface area contributed by atoms with Crippen molar-refractivity contribution in [1.82, 2.24) is 15.2 Å². The van der Waals surface area contributed by atoms with Crippen LogP contribution in [-0.2, 0) is 6.54 Å². The number of nitrogens with zero attached hydrogens (tertiary/aromatic N) is 4. The van der Waals surface area contributed by atoms with Crippen LogP contribution in [0.1, 0.15) is 12.6 Å². The molecule has 2 aromatic rings. The molecule has 1 aromatic heterocycles. The first-order valence-corrected chi connectivity index (χ1v) is 9.23. The Morgan fingerprint density at radius 2 is 1.96 bits per heavy atom. The van der Waals surface area contributed by atoms with Crippen molar-refractivity contribution in [3.05, 3.63) is 54.1 Å². The number of anilines is 1. The quantitative estimate of drug-likeness (QED) is 0.647. The van der Waals surface area contributed by atoms with E-state index in [4.69, 9.17) is 4.74 Å². The van der Waals surface area contributed by atoms with Gasteiger partial charge in [0.2, 0.25) is 0 Å². The number of pyridine rings is 1. The van der Waals surface area contributed by atoms with E-state index in [0.29, 0.717) is 5.69 Å². The number of piperazine rings is 1. The molecule has 0 atom stereocenters. The molecule has 1 N–H and O–H groups in total. The molecule has 3 rings (SSSR count). The highest BCUT2D eigenvalue weighted by Gasteiger charge is 2.21. The van der Waals surface area contributed by atoms with Gasteiger partial charge in [-0.05, 0) is 31.2 Å². The van der Waals surface area contributed by atoms with Crippen molar-refractivity contribution in [3.8, 4) is 5.75 Å². The highest BCUT2D eigenvalue weighted by atomic mass is 19.1. The lowest BCUT2D eigenvalue weighted by Gasteiger charge is -2.38. The SMILES string of the molecule is CCNC(=NCc1ncccc1F)N1CCN(c2ccccc2OC)CC1. The molecule has 7 heteroatoms. The molecule has 6 nitrogen and oxygen atoms in total. The maximum Gasteiger partial charge on any atom is 0.194 e. The Bertz CT molecular complexity index is 774. The van der Waals surface area contributed by atoms with Crippen LogP contribution in [0, 0.1) is 5.82 Å². The van der Waals surface area contributed by atoms with Crippen molar-refractivity contribution in [2.45, 2.75) is 13.5 Å². The van der Waals surface area contributed by atoms with Gasteiger partial charge in [-0.3, -0.25) is 4.98 Å². The van der Waals surface area contributed by atoms with E-state index in [1.54, 1.807) is 19.4 Å². The minimum atomic E-state index is -0.321. The maximum absolute atomic E-state index is 13.8. The van der Waals surface area contributed by atoms with Gasteiger partial charge in [0.25, 0.3) is 0 Å². The summed E-state index contributed by atoms with van der Waals surface area (Å²) >= 11 is 0. The number of ether oxygens (including phenoxy) is 1. The van der Waals surface area contributed by atoms with Gasteiger partial charge < -0.3 is 19.9 Å². The summed E-state index contributed by atoms with van der Waals surface area (Å²) in [5.74, 6) is 1.36. The van der Waals surface area contributed by atoms with E-state index in [0.717, 1.165) is 50.1 Å². The molecule has 2 heterocycles. The summed E-state index contributed by atoms with van der Waals surface area (Å²) in [6.45, 7) is 6.40. The van der Waals surface area contributed by atoms with Crippen LogP contribution in [0.2, 0.25) is 0 Å². The molecule has 0 bridgehead atoms. The minimum absolute atomic E-state index is 0.224. The number of nitrogens with one attached hydrogen (secondary N) is 1. The standard InChI is InChI=1S/C20H26FN5O/c1-3-22-20(24-15-17-16(21)7-6-10-23-17)26-13-11-25(12-14-26)18-8-4-5-9-19(18)27-2/h4-10H,3,11-15H2,1-2H3,(H,22,24). The van der Waals surface area contributed by atoms with Gasteiger partial charge in [-0.1, -0.05) is 12.1 Å². The fourth-order valence-electron chi connectivity index (χ4n) is 3.16. The van der Waals surface area contributed by atoms with Crippen LogP contribution in [0.5, 0.6) is 5.75 Å². The van der Waals surface area contributed by atoms with Gasteiger partial charge in [0.1, 0.15) is 11.6 Å². The average molecular weight is 371 g/mol. The Hall–Kier alpha value is -2.83. The maximum atomic E-state index is 13.8. The molecule has 0 spiro atoms. The molecule has 1 aromatic carbocycles. The van der Waals surface area contributed by atoms with Gasteiger partial charge in [0.05, 0.1) is 25.0 Å². The monoisotopic (exact) mass is 371 g/mol. The van der Waals surface area contributed by atoms with E-state index < -0.39 is 0 Å². The second-order valence-corrected chi connectivity index (χ2v) is 6.25. The molecule has 144 valence electrons. The third-order valence-electron chi connectivity index (χ3n) is 4.55. The first-order chi connectivity index (χ1) is 13.2. The van der Waals surface area contributed by atoms with Gasteiger partial charge in [-0.15, -0.1) is 0 Å². The highest BCUT2D eigenvalue weighted by molar-refractivity contribution is 5.80. The number of guanidine groups is 1. The summed E-state index contributed by atoms with van der Waals surface area (Å²) in [6.07, 6.45) is 1.59. The number of para-hydroxylation sites is 2. The van der Waals surface area contributed by atoms with E-state index in [-0.39, 0.29) is 12.4 Å². The highest BCUT2D eigenvalue weighted by Crippen LogP contribution is 2.28. The Balaban J connectivity index is 1.66. The second kappa shape index (κ2) is 9.21. The van der Waals surface area contributed by atoms with Crippen LogP contribution in [0.4, 0.5) is 10.1 Å². The van der Waals surface area contributed by atoms with Gasteiger partial charge in [0, 0.05) is 38.9 Å². The zero-order chi connectivity index (χ0) is 19.1. The summed E-state index contributed by atoms with van der Waals surface area (Å²) in [6, 6.07) is 11.1. The van der Waals surface area contributed by atoms with Crippen LogP contribution < -0.4 is 15.0 Å². The molecule has 0 saturated carbocycles. The van der Waals surface area contributed by atoms with E-state index >= 15 is 0 Å². The number of aromatic nitrogens is 1. The van der Waals surface area contributed by atoms with Crippen molar-refractivity contribution in [1.29, 1.82) is 0 Å². The zero-order valence-electron chi connectivity index (χ0n) is 15.9. The lowest BCUT2D eigenvalue weighted by molar-refractivity contribution is 0.367. The minimum Gasteiger partial charge on any atom is -0.495 e. The van der Waals surface area contributed by atoms with Crippen LogP contribution in [-0.4, -0.2) is 55.7 Å². The number of halogens is 1. The van der Waals surface area contributed by atoms with Gasteiger partial charge in [0.15, 0.2) is 5.96 Å². The molecule has 1 aliphatic heterocycles. The van der Waals surface area contributed by atoms with Crippen molar-refractivity contribution in [2.75, 3.05) is 44.7 Å². The van der Waals surface area contributed by atoms with Crippen molar-refractivity contribution in [2.24, 2.45) is 4.99 Å². The molecule has 0 aliphatic carbocycles. The molecule has 1 saturated heterocycles. The Morgan fingerprint density at radius 1 is 1.19 bits per heavy atom. The molecule has 1 fully saturated rings. The summed E-state index contributed by atoms with van der Waals surface area (Å²) in [4.78, 5) is 13.2. The molecule has 0 radical (unpaired) electrons. The van der Waals surface area contributed by atoms with E-state index in [1.807, 2.05) is 25.1 Å². The summed E-state index contributed by atoms with van der Waals surface area (Å²) in [7, 11) is 1.70.